The lowest BCUT2D eigenvalue weighted by molar-refractivity contribution is 0.331. The van der Waals surface area contributed by atoms with Crippen LogP contribution in [0.25, 0.3) is 21.9 Å². The first-order chi connectivity index (χ1) is 17.1. The summed E-state index contributed by atoms with van der Waals surface area (Å²) in [4.78, 5) is 13.7. The van der Waals surface area contributed by atoms with Gasteiger partial charge in [0.1, 0.15) is 28.1 Å². The molecule has 0 aliphatic heterocycles. The Morgan fingerprint density at radius 2 is 1.50 bits per heavy atom. The quantitative estimate of drug-likeness (QED) is 0.220. The molecule has 3 rings (SSSR count). The van der Waals surface area contributed by atoms with Gasteiger partial charge in [0.25, 0.3) is 0 Å². The van der Waals surface area contributed by atoms with Gasteiger partial charge in [-0.05, 0) is 53.4 Å². The van der Waals surface area contributed by atoms with Gasteiger partial charge in [0.15, 0.2) is 11.5 Å². The first-order valence-corrected chi connectivity index (χ1v) is 11.9. The maximum atomic E-state index is 13.7. The van der Waals surface area contributed by atoms with E-state index in [4.69, 9.17) is 9.15 Å². The van der Waals surface area contributed by atoms with Crippen LogP contribution in [0.15, 0.2) is 56.3 Å². The molecular formula is C29H34O7. The van der Waals surface area contributed by atoms with E-state index < -0.39 is 5.43 Å². The molecule has 3 aromatic rings. The minimum atomic E-state index is -0.489. The SMILES string of the molecule is COc1c(O)cc2oc3cc(O)c(C/C=C(\C)CO)c(O)c3c(=O)c2c1C/C=C(\C)CCC=C(C)C. The van der Waals surface area contributed by atoms with Crippen molar-refractivity contribution in [2.75, 3.05) is 13.7 Å². The second kappa shape index (κ2) is 11.4. The number of allylic oxidation sites excluding steroid dienone is 5. The molecule has 1 aromatic heterocycles. The molecule has 7 heteroatoms. The average Bonchev–Trinajstić information content (AvgIpc) is 2.81. The van der Waals surface area contributed by atoms with Crippen LogP contribution in [-0.4, -0.2) is 34.1 Å². The van der Waals surface area contributed by atoms with Crippen LogP contribution in [-0.2, 0) is 12.8 Å². The monoisotopic (exact) mass is 494 g/mol. The minimum Gasteiger partial charge on any atom is -0.507 e. The number of aromatic hydroxyl groups is 3. The van der Waals surface area contributed by atoms with E-state index in [9.17, 15) is 25.2 Å². The molecule has 0 spiro atoms. The second-order valence-corrected chi connectivity index (χ2v) is 9.30. The van der Waals surface area contributed by atoms with Crippen LogP contribution < -0.4 is 10.2 Å². The van der Waals surface area contributed by atoms with E-state index >= 15 is 0 Å². The van der Waals surface area contributed by atoms with Crippen molar-refractivity contribution in [3.8, 4) is 23.0 Å². The number of phenols is 3. The Morgan fingerprint density at radius 1 is 0.889 bits per heavy atom. The van der Waals surface area contributed by atoms with Crippen molar-refractivity contribution in [2.24, 2.45) is 0 Å². The van der Waals surface area contributed by atoms with E-state index in [1.54, 1.807) is 13.0 Å². The number of aliphatic hydroxyl groups is 1. The number of ether oxygens (including phenoxy) is 1. The summed E-state index contributed by atoms with van der Waals surface area (Å²) >= 11 is 0. The molecule has 0 saturated carbocycles. The Kier molecular flexibility index (Phi) is 8.48. The smallest absolute Gasteiger partial charge is 0.204 e. The van der Waals surface area contributed by atoms with Gasteiger partial charge in [0, 0.05) is 23.3 Å². The van der Waals surface area contributed by atoms with Crippen molar-refractivity contribution in [1.82, 2.24) is 0 Å². The van der Waals surface area contributed by atoms with Crippen LogP contribution >= 0.6 is 0 Å². The van der Waals surface area contributed by atoms with Crippen LogP contribution in [0.1, 0.15) is 51.7 Å². The van der Waals surface area contributed by atoms with Gasteiger partial charge in [0.2, 0.25) is 5.43 Å². The molecule has 0 saturated heterocycles. The van der Waals surface area contributed by atoms with E-state index in [0.29, 0.717) is 17.6 Å². The highest BCUT2D eigenvalue weighted by atomic mass is 16.5. The molecule has 0 atom stereocenters. The Morgan fingerprint density at radius 3 is 2.14 bits per heavy atom. The number of rotatable bonds is 9. The van der Waals surface area contributed by atoms with Crippen molar-refractivity contribution in [3.05, 3.63) is 68.4 Å². The number of methoxy groups -OCH3 is 1. The molecule has 0 amide bonds. The maximum Gasteiger partial charge on any atom is 0.204 e. The highest BCUT2D eigenvalue weighted by molar-refractivity contribution is 5.97. The fourth-order valence-corrected chi connectivity index (χ4v) is 4.16. The third kappa shape index (κ3) is 5.57. The Balaban J connectivity index is 2.23. The highest BCUT2D eigenvalue weighted by Crippen LogP contribution is 2.40. The second-order valence-electron chi connectivity index (χ2n) is 9.30. The van der Waals surface area contributed by atoms with Crippen LogP contribution in [0.4, 0.5) is 0 Å². The van der Waals surface area contributed by atoms with E-state index in [1.807, 2.05) is 13.0 Å². The molecule has 0 aliphatic rings. The lowest BCUT2D eigenvalue weighted by atomic mass is 9.98. The van der Waals surface area contributed by atoms with Crippen molar-refractivity contribution in [3.63, 3.8) is 0 Å². The van der Waals surface area contributed by atoms with Gasteiger partial charge in [-0.2, -0.15) is 0 Å². The maximum absolute atomic E-state index is 13.7. The highest BCUT2D eigenvalue weighted by Gasteiger charge is 2.23. The fourth-order valence-electron chi connectivity index (χ4n) is 4.16. The van der Waals surface area contributed by atoms with E-state index in [0.717, 1.165) is 18.4 Å². The molecule has 0 aliphatic carbocycles. The fraction of sp³-hybridized carbons (Fsp3) is 0.345. The topological polar surface area (TPSA) is 120 Å². The zero-order chi connectivity index (χ0) is 26.6. The molecule has 192 valence electrons. The normalized spacial score (nSPS) is 12.4. The minimum absolute atomic E-state index is 0.00179. The summed E-state index contributed by atoms with van der Waals surface area (Å²) in [5.41, 5.74) is 3.28. The molecule has 0 radical (unpaired) electrons. The largest absolute Gasteiger partial charge is 0.507 e. The van der Waals surface area contributed by atoms with Crippen molar-refractivity contribution < 1.29 is 29.6 Å². The summed E-state index contributed by atoms with van der Waals surface area (Å²) in [7, 11) is 1.42. The lowest BCUT2D eigenvalue weighted by Gasteiger charge is -2.14. The van der Waals surface area contributed by atoms with Gasteiger partial charge < -0.3 is 29.6 Å². The van der Waals surface area contributed by atoms with Gasteiger partial charge in [-0.15, -0.1) is 0 Å². The molecule has 0 fully saturated rings. The molecule has 36 heavy (non-hydrogen) atoms. The lowest BCUT2D eigenvalue weighted by Crippen LogP contribution is -2.08. The van der Waals surface area contributed by atoms with Crippen molar-refractivity contribution in [1.29, 1.82) is 0 Å². The Labute approximate surface area is 210 Å². The third-order valence-corrected chi connectivity index (χ3v) is 6.20. The molecule has 7 nitrogen and oxygen atoms in total. The summed E-state index contributed by atoms with van der Waals surface area (Å²) in [5, 5.41) is 41.4. The zero-order valence-corrected chi connectivity index (χ0v) is 21.4. The van der Waals surface area contributed by atoms with Gasteiger partial charge >= 0.3 is 0 Å². The number of hydrogen-bond acceptors (Lipinski definition) is 7. The van der Waals surface area contributed by atoms with E-state index in [-0.39, 0.29) is 63.5 Å². The molecule has 0 bridgehead atoms. The Hall–Kier alpha value is -3.71. The van der Waals surface area contributed by atoms with Gasteiger partial charge in [0.05, 0.1) is 19.1 Å². The first-order valence-electron chi connectivity index (χ1n) is 11.9. The standard InChI is InChI=1S/C29H34O7/c1-16(2)7-6-8-17(3)9-12-20-25-23(14-22(32)29(20)35-5)36-24-13-21(31)19(11-10-18(4)15-30)27(33)26(24)28(25)34/h7,9-10,13-14,30-33H,6,8,11-12,15H2,1-5H3/b17-9+,18-10+. The molecule has 1 heterocycles. The number of hydrogen-bond donors (Lipinski definition) is 4. The van der Waals surface area contributed by atoms with Gasteiger partial charge in [-0.25, -0.2) is 0 Å². The molecule has 2 aromatic carbocycles. The summed E-state index contributed by atoms with van der Waals surface area (Å²) < 4.78 is 11.3. The number of fused-ring (bicyclic) bond motifs is 2. The van der Waals surface area contributed by atoms with E-state index in [2.05, 4.69) is 19.9 Å². The summed E-state index contributed by atoms with van der Waals surface area (Å²) in [6.45, 7) is 7.68. The van der Waals surface area contributed by atoms with Gasteiger partial charge in [-0.3, -0.25) is 4.79 Å². The van der Waals surface area contributed by atoms with Gasteiger partial charge in [-0.1, -0.05) is 34.9 Å². The van der Waals surface area contributed by atoms with Crippen LogP contribution in [0.5, 0.6) is 23.0 Å². The third-order valence-electron chi connectivity index (χ3n) is 6.20. The average molecular weight is 495 g/mol. The summed E-state index contributed by atoms with van der Waals surface area (Å²) in [5.74, 6) is -0.623. The number of benzene rings is 2. The first kappa shape index (κ1) is 26.9. The van der Waals surface area contributed by atoms with Crippen LogP contribution in [0.3, 0.4) is 0 Å². The summed E-state index contributed by atoms with van der Waals surface area (Å²) in [6, 6.07) is 2.58. The summed E-state index contributed by atoms with van der Waals surface area (Å²) in [6.07, 6.45) is 8.01. The zero-order valence-electron chi connectivity index (χ0n) is 21.4. The van der Waals surface area contributed by atoms with E-state index in [1.165, 1.54) is 24.8 Å². The molecule has 0 unspecified atom stereocenters. The molecular weight excluding hydrogens is 460 g/mol. The van der Waals surface area contributed by atoms with Crippen LogP contribution in [0.2, 0.25) is 0 Å². The van der Waals surface area contributed by atoms with Crippen molar-refractivity contribution in [2.45, 2.75) is 53.4 Å². The predicted octanol–water partition coefficient (Wildman–Crippen LogP) is 5.79. The predicted molar refractivity (Wildman–Crippen MR) is 142 cm³/mol. The van der Waals surface area contributed by atoms with Crippen molar-refractivity contribution >= 4 is 21.9 Å². The Bertz CT molecular complexity index is 1430. The number of aliphatic hydroxyl groups excluding tert-OH is 1. The van der Waals surface area contributed by atoms with Crippen LogP contribution in [0, 0.1) is 0 Å². The molecule has 4 N–H and O–H groups in total. The number of phenolic OH excluding ortho intramolecular Hbond substituents is 3.